The third kappa shape index (κ3) is 4.17. The van der Waals surface area contributed by atoms with Gasteiger partial charge in [-0.3, -0.25) is 9.59 Å². The van der Waals surface area contributed by atoms with Crippen LogP contribution in [-0.4, -0.2) is 44.1 Å². The third-order valence-electron chi connectivity index (χ3n) is 5.02. The zero-order chi connectivity index (χ0) is 21.1. The standard InChI is InChI=1S/C21H19Cl2N5O2/c22-15-6-7-17(23)16(12-15)21(30)27-10-2-5-18(27)20(29)25-13-14-4-1-8-24-19(14)28-11-3-9-26-28/h1,3-4,6-9,11-12,18H,2,5,10,13H2,(H,25,29). The number of carbonyl (C=O) groups excluding carboxylic acids is 2. The number of carbonyl (C=O) groups is 2. The zero-order valence-electron chi connectivity index (χ0n) is 16.0. The van der Waals surface area contributed by atoms with Crippen molar-refractivity contribution in [2.45, 2.75) is 25.4 Å². The Morgan fingerprint density at radius 1 is 1.17 bits per heavy atom. The van der Waals surface area contributed by atoms with Crippen LogP contribution in [0.5, 0.6) is 0 Å². The van der Waals surface area contributed by atoms with Crippen LogP contribution in [0, 0.1) is 0 Å². The molecule has 30 heavy (non-hydrogen) atoms. The Balaban J connectivity index is 1.47. The molecule has 0 aliphatic carbocycles. The first-order valence-corrected chi connectivity index (χ1v) is 10.3. The van der Waals surface area contributed by atoms with Gasteiger partial charge >= 0.3 is 0 Å². The molecule has 4 rings (SSSR count). The number of nitrogens with zero attached hydrogens (tertiary/aromatic N) is 4. The van der Waals surface area contributed by atoms with E-state index in [-0.39, 0.29) is 18.4 Å². The molecule has 2 amide bonds. The van der Waals surface area contributed by atoms with Gasteiger partial charge in [-0.2, -0.15) is 5.10 Å². The molecule has 2 aromatic heterocycles. The maximum absolute atomic E-state index is 13.0. The number of halogens is 2. The second kappa shape index (κ2) is 8.85. The molecule has 0 bridgehead atoms. The maximum Gasteiger partial charge on any atom is 0.256 e. The molecular weight excluding hydrogens is 425 g/mol. The van der Waals surface area contributed by atoms with Crippen molar-refractivity contribution < 1.29 is 9.59 Å². The molecule has 1 N–H and O–H groups in total. The largest absolute Gasteiger partial charge is 0.350 e. The Bertz CT molecular complexity index is 1070. The van der Waals surface area contributed by atoms with Gasteiger partial charge < -0.3 is 10.2 Å². The number of likely N-dealkylation sites (tertiary alicyclic amines) is 1. The first-order chi connectivity index (χ1) is 14.5. The predicted molar refractivity (Wildman–Crippen MR) is 114 cm³/mol. The summed E-state index contributed by atoms with van der Waals surface area (Å²) in [5, 5.41) is 7.87. The molecule has 0 spiro atoms. The fourth-order valence-electron chi connectivity index (χ4n) is 3.57. The molecule has 3 heterocycles. The number of pyridine rings is 1. The highest BCUT2D eigenvalue weighted by Crippen LogP contribution is 2.26. The van der Waals surface area contributed by atoms with Crippen LogP contribution >= 0.6 is 23.2 Å². The number of amides is 2. The number of nitrogens with one attached hydrogen (secondary N) is 1. The summed E-state index contributed by atoms with van der Waals surface area (Å²) in [5.74, 6) is 0.140. The first kappa shape index (κ1) is 20.4. The summed E-state index contributed by atoms with van der Waals surface area (Å²) in [7, 11) is 0. The second-order valence-electron chi connectivity index (χ2n) is 6.94. The molecule has 154 valence electrons. The third-order valence-corrected chi connectivity index (χ3v) is 5.58. The molecule has 1 aromatic carbocycles. The van der Waals surface area contributed by atoms with E-state index >= 15 is 0 Å². The van der Waals surface area contributed by atoms with Gasteiger partial charge in [0.15, 0.2) is 5.82 Å². The molecule has 1 aliphatic rings. The number of hydrogen-bond acceptors (Lipinski definition) is 4. The molecular formula is C21H19Cl2N5O2. The summed E-state index contributed by atoms with van der Waals surface area (Å²) >= 11 is 12.2. The Hall–Kier alpha value is -2.90. The van der Waals surface area contributed by atoms with Crippen molar-refractivity contribution in [1.29, 1.82) is 0 Å². The van der Waals surface area contributed by atoms with Gasteiger partial charge in [-0.15, -0.1) is 0 Å². The van der Waals surface area contributed by atoms with E-state index in [9.17, 15) is 9.59 Å². The van der Waals surface area contributed by atoms with Gasteiger partial charge in [-0.1, -0.05) is 29.3 Å². The molecule has 0 radical (unpaired) electrons. The SMILES string of the molecule is O=C(NCc1cccnc1-n1cccn1)C1CCCN1C(=O)c1cc(Cl)ccc1Cl. The summed E-state index contributed by atoms with van der Waals surface area (Å²) in [6, 6.07) is 9.68. The van der Waals surface area contributed by atoms with Crippen molar-refractivity contribution in [1.82, 2.24) is 25.0 Å². The fraction of sp³-hybridized carbons (Fsp3) is 0.238. The predicted octanol–water partition coefficient (Wildman–Crippen LogP) is 3.50. The molecule has 1 atom stereocenters. The Morgan fingerprint density at radius 2 is 2.03 bits per heavy atom. The van der Waals surface area contributed by atoms with Crippen molar-refractivity contribution in [2.75, 3.05) is 6.54 Å². The lowest BCUT2D eigenvalue weighted by Gasteiger charge is -2.24. The van der Waals surface area contributed by atoms with Gasteiger partial charge in [0.05, 0.1) is 10.6 Å². The molecule has 1 saturated heterocycles. The normalized spacial score (nSPS) is 15.9. The van der Waals surface area contributed by atoms with Gasteiger partial charge in [0.25, 0.3) is 5.91 Å². The van der Waals surface area contributed by atoms with Crippen LogP contribution in [0.1, 0.15) is 28.8 Å². The average molecular weight is 444 g/mol. The summed E-state index contributed by atoms with van der Waals surface area (Å²) in [5.41, 5.74) is 1.13. The molecule has 3 aromatic rings. The van der Waals surface area contributed by atoms with Gasteiger partial charge in [0.2, 0.25) is 5.91 Å². The van der Waals surface area contributed by atoms with Crippen LogP contribution in [0.15, 0.2) is 55.0 Å². The Labute approximate surface area is 183 Å². The second-order valence-corrected chi connectivity index (χ2v) is 7.78. The van der Waals surface area contributed by atoms with E-state index in [1.807, 2.05) is 6.07 Å². The lowest BCUT2D eigenvalue weighted by Crippen LogP contribution is -2.45. The quantitative estimate of drug-likeness (QED) is 0.654. The van der Waals surface area contributed by atoms with E-state index in [2.05, 4.69) is 15.4 Å². The molecule has 0 saturated carbocycles. The number of rotatable bonds is 5. The van der Waals surface area contributed by atoms with Crippen molar-refractivity contribution in [3.63, 3.8) is 0 Å². The van der Waals surface area contributed by atoms with E-state index in [0.29, 0.717) is 34.4 Å². The molecule has 1 fully saturated rings. The minimum atomic E-state index is -0.558. The Kier molecular flexibility index (Phi) is 6.01. The van der Waals surface area contributed by atoms with Crippen LogP contribution in [-0.2, 0) is 11.3 Å². The minimum Gasteiger partial charge on any atom is -0.350 e. The highest BCUT2D eigenvalue weighted by molar-refractivity contribution is 6.35. The minimum absolute atomic E-state index is 0.214. The number of hydrogen-bond donors (Lipinski definition) is 1. The van der Waals surface area contributed by atoms with Crippen molar-refractivity contribution >= 4 is 35.0 Å². The molecule has 1 aliphatic heterocycles. The first-order valence-electron chi connectivity index (χ1n) is 9.52. The van der Waals surface area contributed by atoms with E-state index in [1.54, 1.807) is 52.4 Å². The lowest BCUT2D eigenvalue weighted by atomic mass is 10.1. The van der Waals surface area contributed by atoms with Crippen molar-refractivity contribution in [3.8, 4) is 5.82 Å². The van der Waals surface area contributed by atoms with Crippen molar-refractivity contribution in [3.05, 3.63) is 76.2 Å². The smallest absolute Gasteiger partial charge is 0.256 e. The molecule has 7 nitrogen and oxygen atoms in total. The highest BCUT2D eigenvalue weighted by atomic mass is 35.5. The average Bonchev–Trinajstić information content (AvgIpc) is 3.45. The van der Waals surface area contributed by atoms with Crippen molar-refractivity contribution in [2.24, 2.45) is 0 Å². The molecule has 1 unspecified atom stereocenters. The monoisotopic (exact) mass is 443 g/mol. The fourth-order valence-corrected chi connectivity index (χ4v) is 3.94. The van der Waals surface area contributed by atoms with Gasteiger partial charge in [-0.25, -0.2) is 9.67 Å². The summed E-state index contributed by atoms with van der Waals surface area (Å²) in [6.07, 6.45) is 6.47. The van der Waals surface area contributed by atoms with E-state index in [4.69, 9.17) is 23.2 Å². The van der Waals surface area contributed by atoms with Crippen LogP contribution in [0.25, 0.3) is 5.82 Å². The van der Waals surface area contributed by atoms with Crippen LogP contribution in [0.4, 0.5) is 0 Å². The van der Waals surface area contributed by atoms with Gasteiger partial charge in [0.1, 0.15) is 6.04 Å². The summed E-state index contributed by atoms with van der Waals surface area (Å²) < 4.78 is 1.65. The van der Waals surface area contributed by atoms with Crippen LogP contribution in [0.2, 0.25) is 10.0 Å². The highest BCUT2D eigenvalue weighted by Gasteiger charge is 2.35. The van der Waals surface area contributed by atoms with E-state index in [1.165, 1.54) is 6.07 Å². The van der Waals surface area contributed by atoms with Gasteiger partial charge in [0, 0.05) is 42.3 Å². The van der Waals surface area contributed by atoms with E-state index < -0.39 is 6.04 Å². The maximum atomic E-state index is 13.0. The zero-order valence-corrected chi connectivity index (χ0v) is 17.5. The Morgan fingerprint density at radius 3 is 2.83 bits per heavy atom. The number of aromatic nitrogens is 3. The molecule has 9 heteroatoms. The van der Waals surface area contributed by atoms with Crippen LogP contribution in [0.3, 0.4) is 0 Å². The van der Waals surface area contributed by atoms with Crippen LogP contribution < -0.4 is 5.32 Å². The summed E-state index contributed by atoms with van der Waals surface area (Å²) in [4.78, 5) is 31.8. The van der Waals surface area contributed by atoms with Gasteiger partial charge in [-0.05, 0) is 43.2 Å². The summed E-state index contributed by atoms with van der Waals surface area (Å²) in [6.45, 7) is 0.767. The number of benzene rings is 1. The lowest BCUT2D eigenvalue weighted by molar-refractivity contribution is -0.125. The topological polar surface area (TPSA) is 80.1 Å². The van der Waals surface area contributed by atoms with E-state index in [0.717, 1.165) is 12.0 Å².